The summed E-state index contributed by atoms with van der Waals surface area (Å²) in [6.07, 6.45) is 5.46. The quantitative estimate of drug-likeness (QED) is 0.882. The number of ether oxygens (including phenoxy) is 1. The van der Waals surface area contributed by atoms with Crippen LogP contribution in [0.5, 0.6) is 11.5 Å². The molecule has 5 nitrogen and oxygen atoms in total. The molecule has 1 aromatic heterocycles. The summed E-state index contributed by atoms with van der Waals surface area (Å²) >= 11 is 0. The normalized spacial score (nSPS) is 19.3. The number of carbonyl (C=O) groups is 1. The molecule has 1 fully saturated rings. The number of phenols is 1. The molecule has 118 valence electrons. The standard InChI is InChI=1S/C18H17NO4/c20-15-6-5-13-17(21)16(10-12-4-3-9-22-12)23-18(13)14(15)11-19-7-1-2-8-19/h3-6,9-10,20H,1-2,7-8,11H2/b16-10-. The van der Waals surface area contributed by atoms with Gasteiger partial charge < -0.3 is 14.3 Å². The van der Waals surface area contributed by atoms with Gasteiger partial charge in [-0.25, -0.2) is 0 Å². The van der Waals surface area contributed by atoms with Crippen molar-refractivity contribution in [2.24, 2.45) is 0 Å². The van der Waals surface area contributed by atoms with Crippen molar-refractivity contribution in [1.29, 1.82) is 0 Å². The number of benzene rings is 1. The largest absolute Gasteiger partial charge is 0.507 e. The lowest BCUT2D eigenvalue weighted by molar-refractivity contribution is 0.101. The summed E-state index contributed by atoms with van der Waals surface area (Å²) in [4.78, 5) is 14.8. The number of allylic oxidation sites excluding steroid dienone is 1. The monoisotopic (exact) mass is 311 g/mol. The van der Waals surface area contributed by atoms with Crippen molar-refractivity contribution in [1.82, 2.24) is 4.90 Å². The minimum Gasteiger partial charge on any atom is -0.507 e. The third-order valence-corrected chi connectivity index (χ3v) is 4.31. The van der Waals surface area contributed by atoms with Crippen molar-refractivity contribution in [2.75, 3.05) is 13.1 Å². The van der Waals surface area contributed by atoms with Crippen LogP contribution in [0.2, 0.25) is 0 Å². The maximum Gasteiger partial charge on any atom is 0.232 e. The van der Waals surface area contributed by atoms with Crippen molar-refractivity contribution in [3.63, 3.8) is 0 Å². The molecule has 0 atom stereocenters. The fourth-order valence-electron chi connectivity index (χ4n) is 3.12. The van der Waals surface area contributed by atoms with Gasteiger partial charge in [0.05, 0.1) is 17.4 Å². The maximum absolute atomic E-state index is 12.5. The molecule has 0 unspecified atom stereocenters. The summed E-state index contributed by atoms with van der Waals surface area (Å²) < 4.78 is 11.0. The van der Waals surface area contributed by atoms with E-state index in [9.17, 15) is 9.90 Å². The Morgan fingerprint density at radius 2 is 2.04 bits per heavy atom. The van der Waals surface area contributed by atoms with Gasteiger partial charge >= 0.3 is 0 Å². The van der Waals surface area contributed by atoms with Crippen LogP contribution in [-0.4, -0.2) is 28.9 Å². The van der Waals surface area contributed by atoms with Crippen molar-refractivity contribution < 1.29 is 19.1 Å². The van der Waals surface area contributed by atoms with Crippen LogP contribution in [0.15, 0.2) is 40.7 Å². The van der Waals surface area contributed by atoms with Gasteiger partial charge in [0.25, 0.3) is 0 Å². The van der Waals surface area contributed by atoms with Gasteiger partial charge in [0.2, 0.25) is 5.78 Å². The number of carbonyl (C=O) groups excluding carboxylic acids is 1. The predicted octanol–water partition coefficient (Wildman–Crippen LogP) is 3.20. The third kappa shape index (κ3) is 2.53. The number of furan rings is 1. The highest BCUT2D eigenvalue weighted by molar-refractivity contribution is 6.14. The number of Topliss-reactive ketones (excluding diaryl/α,β-unsaturated/α-hetero) is 1. The summed E-state index contributed by atoms with van der Waals surface area (Å²) in [5.41, 5.74) is 1.18. The Kier molecular flexibility index (Phi) is 3.42. The Morgan fingerprint density at radius 1 is 1.22 bits per heavy atom. The molecular formula is C18H17NO4. The first kappa shape index (κ1) is 14.1. The second-order valence-corrected chi connectivity index (χ2v) is 5.88. The minimum atomic E-state index is -0.181. The molecule has 2 aliphatic heterocycles. The average molecular weight is 311 g/mol. The smallest absolute Gasteiger partial charge is 0.232 e. The molecule has 0 saturated carbocycles. The van der Waals surface area contributed by atoms with Crippen LogP contribution < -0.4 is 4.74 Å². The third-order valence-electron chi connectivity index (χ3n) is 4.31. The SMILES string of the molecule is O=C1/C(=C/c2ccco2)Oc2c1ccc(O)c2CN1CCCC1. The molecule has 1 N–H and O–H groups in total. The zero-order valence-corrected chi connectivity index (χ0v) is 12.6. The highest BCUT2D eigenvalue weighted by Crippen LogP contribution is 2.40. The second kappa shape index (κ2) is 5.59. The van der Waals surface area contributed by atoms with E-state index in [2.05, 4.69) is 4.90 Å². The molecule has 5 heteroatoms. The van der Waals surface area contributed by atoms with E-state index in [0.29, 0.717) is 29.2 Å². The second-order valence-electron chi connectivity index (χ2n) is 5.88. The van der Waals surface area contributed by atoms with Gasteiger partial charge in [0.1, 0.15) is 17.3 Å². The van der Waals surface area contributed by atoms with Gasteiger partial charge in [-0.15, -0.1) is 0 Å². The van der Waals surface area contributed by atoms with E-state index in [1.807, 2.05) is 0 Å². The fourth-order valence-corrected chi connectivity index (χ4v) is 3.12. The molecule has 0 amide bonds. The van der Waals surface area contributed by atoms with Gasteiger partial charge in [-0.3, -0.25) is 9.69 Å². The molecule has 23 heavy (non-hydrogen) atoms. The summed E-state index contributed by atoms with van der Waals surface area (Å²) in [6, 6.07) is 6.70. The van der Waals surface area contributed by atoms with Crippen LogP contribution in [-0.2, 0) is 6.54 Å². The van der Waals surface area contributed by atoms with Gasteiger partial charge in [-0.1, -0.05) is 0 Å². The first-order valence-electron chi connectivity index (χ1n) is 7.77. The van der Waals surface area contributed by atoms with Crippen LogP contribution in [0.1, 0.15) is 34.5 Å². The lowest BCUT2D eigenvalue weighted by Gasteiger charge is -2.17. The van der Waals surface area contributed by atoms with Crippen molar-refractivity contribution in [3.8, 4) is 11.5 Å². The Labute approximate surface area is 133 Å². The molecule has 0 aliphatic carbocycles. The van der Waals surface area contributed by atoms with E-state index >= 15 is 0 Å². The molecule has 0 radical (unpaired) electrons. The van der Waals surface area contributed by atoms with Crippen LogP contribution in [0, 0.1) is 0 Å². The van der Waals surface area contributed by atoms with E-state index < -0.39 is 0 Å². The molecule has 1 aromatic carbocycles. The molecule has 4 rings (SSSR count). The molecule has 3 heterocycles. The molecule has 0 spiro atoms. The number of phenolic OH excluding ortho intramolecular Hbond substituents is 1. The zero-order valence-electron chi connectivity index (χ0n) is 12.6. The molecule has 0 bridgehead atoms. The van der Waals surface area contributed by atoms with E-state index in [1.54, 1.807) is 36.6 Å². The van der Waals surface area contributed by atoms with E-state index in [0.717, 1.165) is 13.1 Å². The molecule has 1 saturated heterocycles. The Hall–Kier alpha value is -2.53. The summed E-state index contributed by atoms with van der Waals surface area (Å²) in [5.74, 6) is 1.25. The molecule has 2 aliphatic rings. The van der Waals surface area contributed by atoms with E-state index in [1.165, 1.54) is 12.8 Å². The van der Waals surface area contributed by atoms with Gasteiger partial charge in [0, 0.05) is 12.6 Å². The fraction of sp³-hybridized carbons (Fsp3) is 0.278. The highest BCUT2D eigenvalue weighted by atomic mass is 16.5. The lowest BCUT2D eigenvalue weighted by atomic mass is 10.0. The maximum atomic E-state index is 12.5. The van der Waals surface area contributed by atoms with Gasteiger partial charge in [0.15, 0.2) is 5.76 Å². The highest BCUT2D eigenvalue weighted by Gasteiger charge is 2.32. The number of fused-ring (bicyclic) bond motifs is 1. The van der Waals surface area contributed by atoms with Gasteiger partial charge in [-0.2, -0.15) is 0 Å². The Balaban J connectivity index is 1.69. The topological polar surface area (TPSA) is 62.9 Å². The van der Waals surface area contributed by atoms with Crippen molar-refractivity contribution in [2.45, 2.75) is 19.4 Å². The number of rotatable bonds is 3. The molecular weight excluding hydrogens is 294 g/mol. The number of aromatic hydroxyl groups is 1. The first-order valence-corrected chi connectivity index (χ1v) is 7.77. The Bertz CT molecular complexity index is 771. The van der Waals surface area contributed by atoms with Crippen LogP contribution in [0.4, 0.5) is 0 Å². The summed E-state index contributed by atoms with van der Waals surface area (Å²) in [7, 11) is 0. The van der Waals surface area contributed by atoms with Crippen LogP contribution in [0.25, 0.3) is 6.08 Å². The summed E-state index contributed by atoms with van der Waals surface area (Å²) in [6.45, 7) is 2.61. The number of ketones is 1. The lowest BCUT2D eigenvalue weighted by Crippen LogP contribution is -2.18. The van der Waals surface area contributed by atoms with E-state index in [-0.39, 0.29) is 17.3 Å². The van der Waals surface area contributed by atoms with Crippen molar-refractivity contribution >= 4 is 11.9 Å². The minimum absolute atomic E-state index is 0.169. The number of likely N-dealkylation sites (tertiary alicyclic amines) is 1. The number of hydrogen-bond acceptors (Lipinski definition) is 5. The molecule has 2 aromatic rings. The van der Waals surface area contributed by atoms with Crippen molar-refractivity contribution in [3.05, 3.63) is 53.2 Å². The zero-order chi connectivity index (χ0) is 15.8. The average Bonchev–Trinajstić information content (AvgIpc) is 3.27. The predicted molar refractivity (Wildman–Crippen MR) is 84.3 cm³/mol. The summed E-state index contributed by atoms with van der Waals surface area (Å²) in [5, 5.41) is 10.2. The van der Waals surface area contributed by atoms with Crippen LogP contribution >= 0.6 is 0 Å². The van der Waals surface area contributed by atoms with Gasteiger partial charge in [-0.05, 0) is 50.2 Å². The Morgan fingerprint density at radius 3 is 2.78 bits per heavy atom. The first-order chi connectivity index (χ1) is 11.2. The van der Waals surface area contributed by atoms with Crippen LogP contribution in [0.3, 0.4) is 0 Å². The number of nitrogens with zero attached hydrogens (tertiary/aromatic N) is 1. The number of hydrogen-bond donors (Lipinski definition) is 1. The van der Waals surface area contributed by atoms with E-state index in [4.69, 9.17) is 9.15 Å².